The topological polar surface area (TPSA) is 86.9 Å². The van der Waals surface area contributed by atoms with Crippen LogP contribution in [0.25, 0.3) is 22.4 Å². The van der Waals surface area contributed by atoms with Gasteiger partial charge < -0.3 is 15.6 Å². The molecular formula is C21H20N4O2. The number of nitrogens with one attached hydrogen (secondary N) is 3. The minimum Gasteiger partial charge on any atom is -0.338 e. The van der Waals surface area contributed by atoms with Gasteiger partial charge >= 0.3 is 0 Å². The molecule has 0 aliphatic carbocycles. The zero-order valence-electron chi connectivity index (χ0n) is 15.1. The minimum absolute atomic E-state index is 0.165. The molecule has 0 fully saturated rings. The number of hydrogen-bond donors (Lipinski definition) is 3. The van der Waals surface area contributed by atoms with Gasteiger partial charge in [-0.1, -0.05) is 12.2 Å². The van der Waals surface area contributed by atoms with Gasteiger partial charge in [0, 0.05) is 16.9 Å². The van der Waals surface area contributed by atoms with E-state index in [9.17, 15) is 9.59 Å². The molecule has 3 N–H and O–H groups in total. The number of anilines is 2. The van der Waals surface area contributed by atoms with E-state index < -0.39 is 0 Å². The Labute approximate surface area is 157 Å². The van der Waals surface area contributed by atoms with E-state index in [2.05, 4.69) is 20.6 Å². The molecule has 3 rings (SSSR count). The lowest BCUT2D eigenvalue weighted by Gasteiger charge is -2.03. The number of benzene rings is 2. The van der Waals surface area contributed by atoms with E-state index in [1.54, 1.807) is 26.0 Å². The Balaban J connectivity index is 1.80. The van der Waals surface area contributed by atoms with E-state index >= 15 is 0 Å². The van der Waals surface area contributed by atoms with Gasteiger partial charge in [0.05, 0.1) is 11.0 Å². The van der Waals surface area contributed by atoms with E-state index in [0.717, 1.165) is 16.6 Å². The number of aromatic amines is 1. The maximum Gasteiger partial charge on any atom is 0.248 e. The minimum atomic E-state index is -0.174. The second-order valence-corrected chi connectivity index (χ2v) is 5.87. The second kappa shape index (κ2) is 8.14. The Morgan fingerprint density at radius 2 is 1.48 bits per heavy atom. The Hall–Kier alpha value is -3.67. The first-order chi connectivity index (χ1) is 13.1. The van der Waals surface area contributed by atoms with Gasteiger partial charge in [-0.05, 0) is 68.5 Å². The van der Waals surface area contributed by atoms with E-state index in [4.69, 9.17) is 0 Å². The molecule has 2 amide bonds. The fourth-order valence-electron chi connectivity index (χ4n) is 2.61. The van der Waals surface area contributed by atoms with Crippen LogP contribution in [0.1, 0.15) is 13.8 Å². The maximum atomic E-state index is 11.7. The van der Waals surface area contributed by atoms with Crippen molar-refractivity contribution in [1.29, 1.82) is 0 Å². The fraction of sp³-hybridized carbons (Fsp3) is 0.0952. The van der Waals surface area contributed by atoms with Gasteiger partial charge in [0.1, 0.15) is 5.82 Å². The van der Waals surface area contributed by atoms with Gasteiger partial charge in [-0.2, -0.15) is 0 Å². The first-order valence-electron chi connectivity index (χ1n) is 8.56. The number of fused-ring (bicyclic) bond motifs is 1. The summed E-state index contributed by atoms with van der Waals surface area (Å²) in [5.41, 5.74) is 3.94. The number of carbonyl (C=O) groups is 2. The average molecular weight is 360 g/mol. The monoisotopic (exact) mass is 360 g/mol. The number of H-pyrrole nitrogens is 1. The average Bonchev–Trinajstić information content (AvgIpc) is 3.06. The Morgan fingerprint density at radius 3 is 2.11 bits per heavy atom. The SMILES string of the molecule is CC=CC(=O)Nc1ccc(-c2nc3ccc(NC(=O)C=CC)cc3[nH]2)cc1. The van der Waals surface area contributed by atoms with Crippen LogP contribution >= 0.6 is 0 Å². The molecule has 0 aliphatic rings. The van der Waals surface area contributed by atoms with Crippen molar-refractivity contribution in [2.45, 2.75) is 13.8 Å². The van der Waals surface area contributed by atoms with Crippen molar-refractivity contribution in [3.8, 4) is 11.4 Å². The summed E-state index contributed by atoms with van der Waals surface area (Å²) in [6.45, 7) is 3.59. The Kier molecular flexibility index (Phi) is 5.47. The van der Waals surface area contributed by atoms with Crippen LogP contribution in [0.2, 0.25) is 0 Å². The van der Waals surface area contributed by atoms with Crippen LogP contribution in [-0.4, -0.2) is 21.8 Å². The van der Waals surface area contributed by atoms with Crippen molar-refractivity contribution < 1.29 is 9.59 Å². The molecule has 1 aromatic heterocycles. The molecule has 0 saturated heterocycles. The number of amides is 2. The summed E-state index contributed by atoms with van der Waals surface area (Å²) >= 11 is 0. The molecule has 0 atom stereocenters. The van der Waals surface area contributed by atoms with Gasteiger partial charge in [0.2, 0.25) is 11.8 Å². The fourth-order valence-corrected chi connectivity index (χ4v) is 2.61. The van der Waals surface area contributed by atoms with Crippen LogP contribution in [0.3, 0.4) is 0 Å². The van der Waals surface area contributed by atoms with Crippen LogP contribution in [0.15, 0.2) is 66.8 Å². The third-order valence-electron chi connectivity index (χ3n) is 3.81. The molecular weight excluding hydrogens is 340 g/mol. The molecule has 136 valence electrons. The summed E-state index contributed by atoms with van der Waals surface area (Å²) in [6.07, 6.45) is 6.32. The van der Waals surface area contributed by atoms with Gasteiger partial charge in [0.25, 0.3) is 0 Å². The molecule has 6 heteroatoms. The number of hydrogen-bond acceptors (Lipinski definition) is 3. The Morgan fingerprint density at radius 1 is 0.889 bits per heavy atom. The number of carbonyl (C=O) groups excluding carboxylic acids is 2. The zero-order valence-corrected chi connectivity index (χ0v) is 15.1. The van der Waals surface area contributed by atoms with E-state index in [1.165, 1.54) is 12.2 Å². The lowest BCUT2D eigenvalue weighted by atomic mass is 10.2. The highest BCUT2D eigenvalue weighted by Crippen LogP contribution is 2.24. The molecule has 0 bridgehead atoms. The molecule has 1 heterocycles. The number of nitrogens with zero attached hydrogens (tertiary/aromatic N) is 1. The molecule has 27 heavy (non-hydrogen) atoms. The highest BCUT2D eigenvalue weighted by atomic mass is 16.2. The van der Waals surface area contributed by atoms with Crippen molar-refractivity contribution in [1.82, 2.24) is 9.97 Å². The molecule has 3 aromatic rings. The lowest BCUT2D eigenvalue weighted by Crippen LogP contribution is -2.07. The number of rotatable bonds is 5. The Bertz CT molecular complexity index is 1030. The quantitative estimate of drug-likeness (QED) is 0.594. The highest BCUT2D eigenvalue weighted by molar-refractivity contribution is 6.00. The van der Waals surface area contributed by atoms with Crippen molar-refractivity contribution in [2.24, 2.45) is 0 Å². The smallest absolute Gasteiger partial charge is 0.248 e. The van der Waals surface area contributed by atoms with Gasteiger partial charge in [-0.3, -0.25) is 9.59 Å². The summed E-state index contributed by atoms with van der Waals surface area (Å²) in [5, 5.41) is 5.58. The number of allylic oxidation sites excluding steroid dienone is 2. The third-order valence-corrected chi connectivity index (χ3v) is 3.81. The standard InChI is InChI=1S/C21H20N4O2/c1-3-5-19(26)22-15-9-7-14(8-10-15)21-24-17-12-11-16(13-18(17)25-21)23-20(27)6-4-2/h3-13H,1-2H3,(H,22,26)(H,23,27)(H,24,25). The summed E-state index contributed by atoms with van der Waals surface area (Å²) < 4.78 is 0. The summed E-state index contributed by atoms with van der Waals surface area (Å²) in [6, 6.07) is 12.9. The first kappa shape index (κ1) is 18.1. The summed E-state index contributed by atoms with van der Waals surface area (Å²) in [5.74, 6) is 0.377. The van der Waals surface area contributed by atoms with Crippen molar-refractivity contribution in [2.75, 3.05) is 10.6 Å². The van der Waals surface area contributed by atoms with Gasteiger partial charge in [-0.15, -0.1) is 0 Å². The van der Waals surface area contributed by atoms with Crippen molar-refractivity contribution in [3.63, 3.8) is 0 Å². The van der Waals surface area contributed by atoms with E-state index in [1.807, 2.05) is 42.5 Å². The number of imidazole rings is 1. The maximum absolute atomic E-state index is 11.7. The predicted octanol–water partition coefficient (Wildman–Crippen LogP) is 4.26. The van der Waals surface area contributed by atoms with Crippen LogP contribution in [0.5, 0.6) is 0 Å². The van der Waals surface area contributed by atoms with E-state index in [-0.39, 0.29) is 11.8 Å². The second-order valence-electron chi connectivity index (χ2n) is 5.87. The first-order valence-corrected chi connectivity index (χ1v) is 8.56. The number of aromatic nitrogens is 2. The summed E-state index contributed by atoms with van der Waals surface area (Å²) in [7, 11) is 0. The predicted molar refractivity (Wildman–Crippen MR) is 108 cm³/mol. The lowest BCUT2D eigenvalue weighted by molar-refractivity contribution is -0.112. The van der Waals surface area contributed by atoms with Gasteiger partial charge in [-0.25, -0.2) is 4.98 Å². The zero-order chi connectivity index (χ0) is 19.2. The molecule has 0 aliphatic heterocycles. The largest absolute Gasteiger partial charge is 0.338 e. The molecule has 0 radical (unpaired) electrons. The van der Waals surface area contributed by atoms with Crippen LogP contribution in [0.4, 0.5) is 11.4 Å². The third kappa shape index (κ3) is 4.49. The highest BCUT2D eigenvalue weighted by Gasteiger charge is 2.07. The molecule has 6 nitrogen and oxygen atoms in total. The van der Waals surface area contributed by atoms with Crippen molar-refractivity contribution >= 4 is 34.2 Å². The van der Waals surface area contributed by atoms with E-state index in [0.29, 0.717) is 17.2 Å². The molecule has 0 spiro atoms. The molecule has 2 aromatic carbocycles. The molecule has 0 unspecified atom stereocenters. The van der Waals surface area contributed by atoms with Crippen LogP contribution in [0, 0.1) is 0 Å². The summed E-state index contributed by atoms with van der Waals surface area (Å²) in [4.78, 5) is 31.1. The molecule has 0 saturated carbocycles. The van der Waals surface area contributed by atoms with Crippen LogP contribution in [-0.2, 0) is 9.59 Å². The van der Waals surface area contributed by atoms with Gasteiger partial charge in [0.15, 0.2) is 0 Å². The van der Waals surface area contributed by atoms with Crippen LogP contribution < -0.4 is 10.6 Å². The normalized spacial score (nSPS) is 11.3. The van der Waals surface area contributed by atoms with Crippen molar-refractivity contribution in [3.05, 3.63) is 66.8 Å².